The summed E-state index contributed by atoms with van der Waals surface area (Å²) in [4.78, 5) is 32.3. The van der Waals surface area contributed by atoms with Crippen LogP contribution in [0, 0.1) is 0 Å². The van der Waals surface area contributed by atoms with Crippen molar-refractivity contribution in [2.75, 3.05) is 57.5 Å². The fourth-order valence-corrected chi connectivity index (χ4v) is 4.86. The number of hydrogen-bond donors (Lipinski definition) is 1. The SMILES string of the molecule is O=C1CN(C(=O)c2ccc(OCCO)cc2Cl)c2ccccc2CN1Cc1nnc(CCN2CCOCC2)o1. The zero-order valence-electron chi connectivity index (χ0n) is 21.4. The molecule has 2 aliphatic heterocycles. The van der Waals surface area contributed by atoms with Crippen molar-refractivity contribution in [3.8, 4) is 5.75 Å². The summed E-state index contributed by atoms with van der Waals surface area (Å²) in [6.07, 6.45) is 0.622. The van der Waals surface area contributed by atoms with E-state index in [4.69, 9.17) is 30.6 Å². The standard InChI is InChI=1S/C27H30ClN5O6/c28-22-15-20(38-14-11-34)5-6-21(22)27(36)33-18-26(35)32(16-19-3-1-2-4-23(19)33)17-25-30-29-24(39-25)7-8-31-9-12-37-13-10-31/h1-6,15,34H,7-14,16-18H2. The van der Waals surface area contributed by atoms with Crippen molar-refractivity contribution in [1.82, 2.24) is 20.0 Å². The lowest BCUT2D eigenvalue weighted by Gasteiger charge is -2.25. The number of carbonyl (C=O) groups excluding carboxylic acids is 2. The second-order valence-electron chi connectivity index (χ2n) is 9.28. The summed E-state index contributed by atoms with van der Waals surface area (Å²) in [5.74, 6) is 0.648. The van der Waals surface area contributed by atoms with Gasteiger partial charge in [0.25, 0.3) is 5.91 Å². The largest absolute Gasteiger partial charge is 0.491 e. The average molecular weight is 556 g/mol. The van der Waals surface area contributed by atoms with Crippen LogP contribution in [-0.4, -0.2) is 89.5 Å². The number of anilines is 1. The molecular formula is C27H30ClN5O6. The second kappa shape index (κ2) is 12.6. The first-order valence-corrected chi connectivity index (χ1v) is 13.2. The van der Waals surface area contributed by atoms with E-state index in [1.54, 1.807) is 17.0 Å². The molecule has 2 aliphatic rings. The molecule has 0 atom stereocenters. The number of nitrogens with zero attached hydrogens (tertiary/aromatic N) is 5. The molecule has 0 unspecified atom stereocenters. The zero-order chi connectivity index (χ0) is 27.2. The number of morpholine rings is 1. The van der Waals surface area contributed by atoms with Crippen LogP contribution in [0.4, 0.5) is 5.69 Å². The number of aliphatic hydroxyl groups excluding tert-OH is 1. The summed E-state index contributed by atoms with van der Waals surface area (Å²) < 4.78 is 16.6. The van der Waals surface area contributed by atoms with Crippen molar-refractivity contribution >= 4 is 29.1 Å². The third-order valence-corrected chi connectivity index (χ3v) is 6.96. The number of aliphatic hydroxyl groups is 1. The summed E-state index contributed by atoms with van der Waals surface area (Å²) in [5.41, 5.74) is 1.68. The van der Waals surface area contributed by atoms with E-state index in [1.807, 2.05) is 24.3 Å². The minimum Gasteiger partial charge on any atom is -0.491 e. The summed E-state index contributed by atoms with van der Waals surface area (Å²) in [7, 11) is 0. The van der Waals surface area contributed by atoms with Gasteiger partial charge in [-0.3, -0.25) is 19.4 Å². The number of amides is 2. The maximum absolute atomic E-state index is 13.6. The van der Waals surface area contributed by atoms with Gasteiger partial charge in [-0.05, 0) is 29.8 Å². The van der Waals surface area contributed by atoms with Crippen LogP contribution in [0.3, 0.4) is 0 Å². The molecule has 0 aliphatic carbocycles. The van der Waals surface area contributed by atoms with Crippen molar-refractivity contribution in [2.24, 2.45) is 0 Å². The molecule has 0 bridgehead atoms. The molecule has 3 aromatic rings. The number of carbonyl (C=O) groups is 2. The Morgan fingerprint density at radius 2 is 1.87 bits per heavy atom. The Hall–Kier alpha value is -3.51. The van der Waals surface area contributed by atoms with Gasteiger partial charge in [-0.1, -0.05) is 29.8 Å². The van der Waals surface area contributed by atoms with Gasteiger partial charge in [0.15, 0.2) is 0 Å². The van der Waals surface area contributed by atoms with E-state index in [0.717, 1.165) is 38.4 Å². The molecule has 1 N–H and O–H groups in total. The quantitative estimate of drug-likeness (QED) is 0.423. The first-order chi connectivity index (χ1) is 19.0. The van der Waals surface area contributed by atoms with Gasteiger partial charge in [0.2, 0.25) is 17.7 Å². The van der Waals surface area contributed by atoms with Gasteiger partial charge in [0.05, 0.1) is 37.0 Å². The Morgan fingerprint density at radius 1 is 1.08 bits per heavy atom. The van der Waals surface area contributed by atoms with Gasteiger partial charge >= 0.3 is 0 Å². The Morgan fingerprint density at radius 3 is 2.67 bits per heavy atom. The van der Waals surface area contributed by atoms with Crippen LogP contribution in [0.2, 0.25) is 5.02 Å². The lowest BCUT2D eigenvalue weighted by Crippen LogP contribution is -2.40. The Kier molecular flexibility index (Phi) is 8.72. The van der Waals surface area contributed by atoms with E-state index < -0.39 is 5.91 Å². The van der Waals surface area contributed by atoms with Gasteiger partial charge in [-0.15, -0.1) is 10.2 Å². The molecule has 206 valence electrons. The monoisotopic (exact) mass is 555 g/mol. The lowest BCUT2D eigenvalue weighted by molar-refractivity contribution is -0.131. The fourth-order valence-electron chi connectivity index (χ4n) is 4.61. The Bertz CT molecular complexity index is 1310. The molecule has 1 saturated heterocycles. The van der Waals surface area contributed by atoms with Gasteiger partial charge < -0.3 is 23.9 Å². The molecule has 39 heavy (non-hydrogen) atoms. The lowest BCUT2D eigenvalue weighted by atomic mass is 10.1. The zero-order valence-corrected chi connectivity index (χ0v) is 22.2. The summed E-state index contributed by atoms with van der Waals surface area (Å²) in [6, 6.07) is 12.1. The van der Waals surface area contributed by atoms with Crippen molar-refractivity contribution in [3.63, 3.8) is 0 Å². The van der Waals surface area contributed by atoms with E-state index >= 15 is 0 Å². The van der Waals surface area contributed by atoms with Gasteiger partial charge in [-0.25, -0.2) is 0 Å². The fraction of sp³-hybridized carbons (Fsp3) is 0.407. The molecule has 3 heterocycles. The summed E-state index contributed by atoms with van der Waals surface area (Å²) >= 11 is 6.42. The van der Waals surface area contributed by atoms with Crippen LogP contribution >= 0.6 is 11.6 Å². The maximum atomic E-state index is 13.6. The van der Waals surface area contributed by atoms with Crippen molar-refractivity contribution in [3.05, 3.63) is 70.4 Å². The molecule has 1 aromatic heterocycles. The number of ether oxygens (including phenoxy) is 2. The third-order valence-electron chi connectivity index (χ3n) is 6.65. The van der Waals surface area contributed by atoms with Crippen molar-refractivity contribution < 1.29 is 28.6 Å². The van der Waals surface area contributed by atoms with Crippen molar-refractivity contribution in [2.45, 2.75) is 19.5 Å². The van der Waals surface area contributed by atoms with Crippen LogP contribution < -0.4 is 9.64 Å². The first kappa shape index (κ1) is 27.1. The minimum absolute atomic E-state index is 0.114. The number of fused-ring (bicyclic) bond motifs is 1. The molecule has 5 rings (SSSR count). The second-order valence-corrected chi connectivity index (χ2v) is 9.68. The van der Waals surface area contributed by atoms with Crippen LogP contribution in [0.15, 0.2) is 46.9 Å². The molecule has 2 aromatic carbocycles. The molecule has 1 fully saturated rings. The van der Waals surface area contributed by atoms with Gasteiger partial charge in [-0.2, -0.15) is 0 Å². The molecule has 0 saturated carbocycles. The van der Waals surface area contributed by atoms with Gasteiger partial charge in [0.1, 0.15) is 18.9 Å². The summed E-state index contributed by atoms with van der Waals surface area (Å²) in [6.45, 7) is 4.23. The van der Waals surface area contributed by atoms with E-state index in [-0.39, 0.29) is 49.3 Å². The van der Waals surface area contributed by atoms with Crippen LogP contribution in [-0.2, 0) is 29.0 Å². The first-order valence-electron chi connectivity index (χ1n) is 12.8. The summed E-state index contributed by atoms with van der Waals surface area (Å²) in [5, 5.41) is 17.5. The van der Waals surface area contributed by atoms with Gasteiger partial charge in [0, 0.05) is 38.3 Å². The topological polar surface area (TPSA) is 121 Å². The molecule has 12 heteroatoms. The number of para-hydroxylation sites is 1. The molecule has 0 radical (unpaired) electrons. The van der Waals surface area contributed by atoms with Crippen molar-refractivity contribution in [1.29, 1.82) is 0 Å². The highest BCUT2D eigenvalue weighted by molar-refractivity contribution is 6.34. The van der Waals surface area contributed by atoms with E-state index in [0.29, 0.717) is 29.6 Å². The normalized spacial score (nSPS) is 16.2. The number of halogens is 1. The van der Waals surface area contributed by atoms with E-state index in [2.05, 4.69) is 15.1 Å². The number of rotatable bonds is 9. The predicted molar refractivity (Wildman–Crippen MR) is 142 cm³/mol. The number of benzene rings is 2. The highest BCUT2D eigenvalue weighted by Crippen LogP contribution is 2.30. The third kappa shape index (κ3) is 6.56. The van der Waals surface area contributed by atoms with Crippen LogP contribution in [0.25, 0.3) is 0 Å². The highest BCUT2D eigenvalue weighted by atomic mass is 35.5. The van der Waals surface area contributed by atoms with E-state index in [1.165, 1.54) is 11.0 Å². The number of aromatic nitrogens is 2. The molecule has 2 amide bonds. The molecular weight excluding hydrogens is 526 g/mol. The highest BCUT2D eigenvalue weighted by Gasteiger charge is 2.31. The minimum atomic E-state index is -0.403. The average Bonchev–Trinajstić information content (AvgIpc) is 3.35. The van der Waals surface area contributed by atoms with Crippen LogP contribution in [0.5, 0.6) is 5.75 Å². The predicted octanol–water partition coefficient (Wildman–Crippen LogP) is 2.16. The Balaban J connectivity index is 1.30. The van der Waals surface area contributed by atoms with E-state index in [9.17, 15) is 9.59 Å². The molecule has 0 spiro atoms. The Labute approximate surface area is 230 Å². The number of hydrogen-bond acceptors (Lipinski definition) is 9. The molecule has 11 nitrogen and oxygen atoms in total. The smallest absolute Gasteiger partial charge is 0.260 e. The maximum Gasteiger partial charge on any atom is 0.260 e. The van der Waals surface area contributed by atoms with Crippen LogP contribution in [0.1, 0.15) is 27.7 Å².